The number of carbonyl (C=O) groups is 2. The number of rotatable bonds is 9. The Morgan fingerprint density at radius 2 is 1.79 bits per heavy atom. The number of likely N-dealkylation sites (N-methyl/N-ethyl adjacent to an activating group) is 1. The lowest BCUT2D eigenvalue weighted by molar-refractivity contribution is -0.142. The van der Waals surface area contributed by atoms with Crippen LogP contribution in [0.3, 0.4) is 0 Å². The lowest BCUT2D eigenvalue weighted by Crippen LogP contribution is -2.60. The van der Waals surface area contributed by atoms with E-state index in [-0.39, 0.29) is 11.8 Å². The van der Waals surface area contributed by atoms with Crippen LogP contribution in [-0.4, -0.2) is 49.1 Å². The van der Waals surface area contributed by atoms with E-state index in [0.29, 0.717) is 44.0 Å². The molecule has 1 N–H and O–H groups in total. The van der Waals surface area contributed by atoms with Crippen LogP contribution in [0.25, 0.3) is 6.08 Å². The van der Waals surface area contributed by atoms with E-state index in [1.54, 1.807) is 13.2 Å². The maximum atomic E-state index is 13.1. The molecule has 0 spiro atoms. The molecule has 6 heteroatoms. The van der Waals surface area contributed by atoms with Gasteiger partial charge < -0.3 is 19.7 Å². The first kappa shape index (κ1) is 22.8. The molecule has 0 aromatic heterocycles. The van der Waals surface area contributed by atoms with Crippen molar-refractivity contribution in [1.82, 2.24) is 10.2 Å². The van der Waals surface area contributed by atoms with Crippen molar-refractivity contribution < 1.29 is 19.1 Å². The van der Waals surface area contributed by atoms with Gasteiger partial charge in [0.1, 0.15) is 5.54 Å². The minimum absolute atomic E-state index is 0.0343. The zero-order chi connectivity index (χ0) is 21.3. The number of hydrogen-bond donors (Lipinski definition) is 1. The van der Waals surface area contributed by atoms with Crippen LogP contribution in [0.4, 0.5) is 0 Å². The quantitative estimate of drug-likeness (QED) is 0.638. The predicted molar refractivity (Wildman–Crippen MR) is 115 cm³/mol. The topological polar surface area (TPSA) is 67.9 Å². The van der Waals surface area contributed by atoms with Crippen molar-refractivity contribution in [3.05, 3.63) is 29.8 Å². The van der Waals surface area contributed by atoms with E-state index in [1.807, 2.05) is 43.9 Å². The molecular formula is C23H34N2O4. The van der Waals surface area contributed by atoms with Gasteiger partial charge in [-0.1, -0.05) is 25.3 Å². The second-order valence-electron chi connectivity index (χ2n) is 7.29. The summed E-state index contributed by atoms with van der Waals surface area (Å²) < 4.78 is 10.9. The predicted octanol–water partition coefficient (Wildman–Crippen LogP) is 3.79. The molecule has 2 rings (SSSR count). The number of carbonyl (C=O) groups excluding carboxylic acids is 2. The number of methoxy groups -OCH3 is 1. The molecule has 29 heavy (non-hydrogen) atoms. The highest BCUT2D eigenvalue weighted by molar-refractivity contribution is 5.97. The van der Waals surface area contributed by atoms with Gasteiger partial charge in [0.2, 0.25) is 11.8 Å². The highest BCUT2D eigenvalue weighted by Crippen LogP contribution is 2.31. The van der Waals surface area contributed by atoms with Gasteiger partial charge in [-0.3, -0.25) is 9.59 Å². The van der Waals surface area contributed by atoms with Crippen molar-refractivity contribution >= 4 is 17.9 Å². The zero-order valence-corrected chi connectivity index (χ0v) is 18.1. The Bertz CT molecular complexity index is 720. The molecule has 1 aromatic carbocycles. The second kappa shape index (κ2) is 10.9. The first-order chi connectivity index (χ1) is 14.0. The van der Waals surface area contributed by atoms with E-state index in [9.17, 15) is 9.59 Å². The molecular weight excluding hydrogens is 368 g/mol. The Kier molecular flexibility index (Phi) is 8.55. The number of hydrogen-bond acceptors (Lipinski definition) is 4. The van der Waals surface area contributed by atoms with Gasteiger partial charge in [-0.05, 0) is 57.4 Å². The molecule has 0 aliphatic heterocycles. The Morgan fingerprint density at radius 3 is 2.38 bits per heavy atom. The molecule has 0 saturated heterocycles. The summed E-state index contributed by atoms with van der Waals surface area (Å²) in [5.41, 5.74) is 0.0411. The fourth-order valence-corrected chi connectivity index (χ4v) is 3.88. The maximum Gasteiger partial charge on any atom is 0.248 e. The summed E-state index contributed by atoms with van der Waals surface area (Å²) in [4.78, 5) is 27.7. The van der Waals surface area contributed by atoms with Crippen LogP contribution >= 0.6 is 0 Å². The smallest absolute Gasteiger partial charge is 0.248 e. The van der Waals surface area contributed by atoms with E-state index in [2.05, 4.69) is 5.32 Å². The SMILES string of the molecule is CCOc1cc(C=CC(=O)NC2(C(=O)N(CC)CC)CCCCC2)ccc1OC. The summed E-state index contributed by atoms with van der Waals surface area (Å²) in [6.07, 6.45) is 7.61. The van der Waals surface area contributed by atoms with E-state index in [1.165, 1.54) is 6.08 Å². The molecule has 2 amide bonds. The second-order valence-corrected chi connectivity index (χ2v) is 7.29. The van der Waals surface area contributed by atoms with Crippen molar-refractivity contribution in [2.45, 2.75) is 58.4 Å². The third kappa shape index (κ3) is 5.75. The normalized spacial score (nSPS) is 15.7. The molecule has 1 saturated carbocycles. The fraction of sp³-hybridized carbons (Fsp3) is 0.565. The lowest BCUT2D eigenvalue weighted by Gasteiger charge is -2.39. The number of benzene rings is 1. The zero-order valence-electron chi connectivity index (χ0n) is 18.1. The van der Waals surface area contributed by atoms with Crippen LogP contribution in [0.2, 0.25) is 0 Å². The van der Waals surface area contributed by atoms with Gasteiger partial charge in [0, 0.05) is 19.2 Å². The Hall–Kier alpha value is -2.50. The summed E-state index contributed by atoms with van der Waals surface area (Å²) in [7, 11) is 1.59. The fourth-order valence-electron chi connectivity index (χ4n) is 3.88. The van der Waals surface area contributed by atoms with Crippen LogP contribution in [0, 0.1) is 0 Å². The van der Waals surface area contributed by atoms with Gasteiger partial charge in [0.25, 0.3) is 0 Å². The highest BCUT2D eigenvalue weighted by atomic mass is 16.5. The minimum atomic E-state index is -0.790. The summed E-state index contributed by atoms with van der Waals surface area (Å²) in [6, 6.07) is 5.52. The van der Waals surface area contributed by atoms with Gasteiger partial charge in [-0.2, -0.15) is 0 Å². The third-order valence-corrected chi connectivity index (χ3v) is 5.44. The average Bonchev–Trinajstić information content (AvgIpc) is 2.74. The van der Waals surface area contributed by atoms with Crippen molar-refractivity contribution in [3.63, 3.8) is 0 Å². The summed E-state index contributed by atoms with van der Waals surface area (Å²) in [5, 5.41) is 3.04. The van der Waals surface area contributed by atoms with Gasteiger partial charge >= 0.3 is 0 Å². The largest absolute Gasteiger partial charge is 0.493 e. The molecule has 160 valence electrons. The highest BCUT2D eigenvalue weighted by Gasteiger charge is 2.42. The maximum absolute atomic E-state index is 13.1. The van der Waals surface area contributed by atoms with E-state index >= 15 is 0 Å². The molecule has 1 fully saturated rings. The molecule has 0 heterocycles. The van der Waals surface area contributed by atoms with E-state index < -0.39 is 5.54 Å². The third-order valence-electron chi connectivity index (χ3n) is 5.44. The van der Waals surface area contributed by atoms with Gasteiger partial charge in [-0.25, -0.2) is 0 Å². The first-order valence-corrected chi connectivity index (χ1v) is 10.6. The summed E-state index contributed by atoms with van der Waals surface area (Å²) >= 11 is 0. The Morgan fingerprint density at radius 1 is 1.10 bits per heavy atom. The molecule has 1 aliphatic carbocycles. The summed E-state index contributed by atoms with van der Waals surface area (Å²) in [5.74, 6) is 1.07. The van der Waals surface area contributed by atoms with Gasteiger partial charge in [0.15, 0.2) is 11.5 Å². The van der Waals surface area contributed by atoms with Crippen LogP contribution in [0.5, 0.6) is 11.5 Å². The van der Waals surface area contributed by atoms with Crippen LogP contribution in [0.1, 0.15) is 58.4 Å². The molecule has 1 aromatic rings. The van der Waals surface area contributed by atoms with Crippen LogP contribution in [0.15, 0.2) is 24.3 Å². The van der Waals surface area contributed by atoms with E-state index in [0.717, 1.165) is 24.8 Å². The van der Waals surface area contributed by atoms with Crippen molar-refractivity contribution in [1.29, 1.82) is 0 Å². The number of amides is 2. The molecule has 6 nitrogen and oxygen atoms in total. The first-order valence-electron chi connectivity index (χ1n) is 10.6. The van der Waals surface area contributed by atoms with Gasteiger partial charge in [0.05, 0.1) is 13.7 Å². The minimum Gasteiger partial charge on any atom is -0.493 e. The molecule has 0 atom stereocenters. The van der Waals surface area contributed by atoms with Crippen molar-refractivity contribution in [2.75, 3.05) is 26.8 Å². The standard InChI is InChI=1S/C23H34N2O4/c1-5-25(6-2)22(27)23(15-9-8-10-16-23)24-21(26)14-12-18-11-13-19(28-4)20(17-18)29-7-3/h11-14,17H,5-10,15-16H2,1-4H3,(H,24,26). The van der Waals surface area contributed by atoms with E-state index in [4.69, 9.17) is 9.47 Å². The molecule has 0 bridgehead atoms. The van der Waals surface area contributed by atoms with Crippen molar-refractivity contribution in [3.8, 4) is 11.5 Å². The lowest BCUT2D eigenvalue weighted by atomic mass is 9.80. The molecule has 0 unspecified atom stereocenters. The van der Waals surface area contributed by atoms with Crippen LogP contribution in [-0.2, 0) is 9.59 Å². The van der Waals surface area contributed by atoms with Crippen molar-refractivity contribution in [2.24, 2.45) is 0 Å². The monoisotopic (exact) mass is 402 g/mol. The van der Waals surface area contributed by atoms with Gasteiger partial charge in [-0.15, -0.1) is 0 Å². The Balaban J connectivity index is 2.16. The number of ether oxygens (including phenoxy) is 2. The average molecular weight is 403 g/mol. The number of nitrogens with one attached hydrogen (secondary N) is 1. The summed E-state index contributed by atoms with van der Waals surface area (Å²) in [6.45, 7) is 7.67. The molecule has 1 aliphatic rings. The number of nitrogens with zero attached hydrogens (tertiary/aromatic N) is 1. The van der Waals surface area contributed by atoms with Crippen LogP contribution < -0.4 is 14.8 Å². The molecule has 0 radical (unpaired) electrons. The Labute approximate surface area is 174 Å².